The van der Waals surface area contributed by atoms with Crippen molar-refractivity contribution in [2.75, 3.05) is 14.2 Å². The van der Waals surface area contributed by atoms with Crippen molar-refractivity contribution in [1.29, 1.82) is 21.0 Å². The van der Waals surface area contributed by atoms with Gasteiger partial charge in [-0.1, -0.05) is 24.3 Å². The average Bonchev–Trinajstić information content (AvgIpc) is 3.11. The van der Waals surface area contributed by atoms with Crippen LogP contribution in [0.4, 0.5) is 0 Å². The molecule has 0 N–H and O–H groups in total. The number of carbonyl (C=O) groups excluding carboxylic acids is 1. The zero-order chi connectivity index (χ0) is 23.5. The fraction of sp³-hybridized carbons (Fsp3) is 0.292. The summed E-state index contributed by atoms with van der Waals surface area (Å²) in [5, 5.41) is 40.9. The lowest BCUT2D eigenvalue weighted by molar-refractivity contribution is -0.132. The topological polar surface area (TPSA) is 134 Å². The molecule has 8 heteroatoms. The minimum atomic E-state index is -2.15. The van der Waals surface area contributed by atoms with Crippen LogP contribution in [0.15, 0.2) is 48.5 Å². The van der Waals surface area contributed by atoms with Crippen LogP contribution in [0.25, 0.3) is 0 Å². The smallest absolute Gasteiger partial charge is 0.220 e. The van der Waals surface area contributed by atoms with Gasteiger partial charge in [0.25, 0.3) is 0 Å². The third-order valence-electron chi connectivity index (χ3n) is 5.93. The number of methoxy groups -OCH3 is 2. The summed E-state index contributed by atoms with van der Waals surface area (Å²) in [5.74, 6) is 0.604. The first-order chi connectivity index (χ1) is 15.4. The van der Waals surface area contributed by atoms with Gasteiger partial charge >= 0.3 is 0 Å². The van der Waals surface area contributed by atoms with E-state index >= 15 is 0 Å². The number of amides is 1. The Labute approximate surface area is 186 Å². The van der Waals surface area contributed by atoms with Gasteiger partial charge in [-0.25, -0.2) is 0 Å². The van der Waals surface area contributed by atoms with Gasteiger partial charge in [-0.3, -0.25) is 4.79 Å². The first kappa shape index (κ1) is 22.2. The number of hydrogen-bond donors (Lipinski definition) is 0. The quantitative estimate of drug-likeness (QED) is 0.732. The molecule has 0 saturated carbocycles. The summed E-state index contributed by atoms with van der Waals surface area (Å²) in [6, 6.07) is 18.5. The van der Waals surface area contributed by atoms with Crippen LogP contribution >= 0.6 is 0 Å². The molecule has 0 aliphatic carbocycles. The molecule has 8 nitrogen and oxygen atoms in total. The molecule has 2 atom stereocenters. The minimum absolute atomic E-state index is 0.440. The number of carbonyl (C=O) groups is 1. The second kappa shape index (κ2) is 8.31. The van der Waals surface area contributed by atoms with E-state index in [-0.39, 0.29) is 0 Å². The van der Waals surface area contributed by atoms with Crippen LogP contribution in [-0.2, 0) is 4.79 Å². The molecular weight excluding hydrogens is 406 g/mol. The molecule has 0 unspecified atom stereocenters. The van der Waals surface area contributed by atoms with E-state index in [1.54, 1.807) is 48.5 Å². The maximum atomic E-state index is 12.9. The molecule has 0 bridgehead atoms. The molecule has 0 spiro atoms. The van der Waals surface area contributed by atoms with Crippen LogP contribution < -0.4 is 9.47 Å². The lowest BCUT2D eigenvalue weighted by atomic mass is 9.61. The second-order valence-corrected chi connectivity index (χ2v) is 7.34. The molecular formula is C24H19N5O3. The number of nitrogens with zero attached hydrogens (tertiary/aromatic N) is 5. The minimum Gasteiger partial charge on any atom is -0.497 e. The number of likely N-dealkylation sites (tertiary alicyclic amines) is 1. The molecule has 1 fully saturated rings. The third-order valence-corrected chi connectivity index (χ3v) is 5.93. The van der Waals surface area contributed by atoms with Crippen molar-refractivity contribution in [2.45, 2.75) is 19.0 Å². The highest BCUT2D eigenvalue weighted by Crippen LogP contribution is 2.65. The van der Waals surface area contributed by atoms with Gasteiger partial charge in [-0.05, 0) is 35.4 Å². The monoisotopic (exact) mass is 425 g/mol. The van der Waals surface area contributed by atoms with Crippen molar-refractivity contribution in [3.05, 3.63) is 59.7 Å². The van der Waals surface area contributed by atoms with Crippen LogP contribution in [-0.4, -0.2) is 25.0 Å². The van der Waals surface area contributed by atoms with Gasteiger partial charge in [0.1, 0.15) is 11.5 Å². The zero-order valence-electron chi connectivity index (χ0n) is 17.7. The van der Waals surface area contributed by atoms with Crippen molar-refractivity contribution in [2.24, 2.45) is 10.8 Å². The molecule has 158 valence electrons. The summed E-state index contributed by atoms with van der Waals surface area (Å²) in [6.45, 7) is 1.29. The van der Waals surface area contributed by atoms with Crippen LogP contribution in [0.5, 0.6) is 11.5 Å². The summed E-state index contributed by atoms with van der Waals surface area (Å²) in [6.07, 6.45) is 0. The summed E-state index contributed by atoms with van der Waals surface area (Å²) >= 11 is 0. The summed E-state index contributed by atoms with van der Waals surface area (Å²) < 4.78 is 10.4. The Kier molecular flexibility index (Phi) is 5.75. The molecule has 1 heterocycles. The molecule has 1 aliphatic rings. The lowest BCUT2D eigenvalue weighted by Gasteiger charge is -2.31. The Balaban J connectivity index is 2.38. The van der Waals surface area contributed by atoms with Crippen molar-refractivity contribution >= 4 is 5.91 Å². The van der Waals surface area contributed by atoms with E-state index in [0.717, 1.165) is 0 Å². The number of nitriles is 4. The van der Waals surface area contributed by atoms with E-state index in [2.05, 4.69) is 0 Å². The molecule has 2 aromatic rings. The highest BCUT2D eigenvalue weighted by Gasteiger charge is 2.73. The predicted octanol–water partition coefficient (Wildman–Crippen LogP) is 3.42. The summed E-state index contributed by atoms with van der Waals surface area (Å²) in [4.78, 5) is 14.2. The van der Waals surface area contributed by atoms with Crippen LogP contribution in [0, 0.1) is 56.2 Å². The van der Waals surface area contributed by atoms with E-state index in [1.807, 2.05) is 24.3 Å². The standard InChI is InChI=1S/C24H19N5O3/c1-16(30)29-21(17-4-8-19(31-2)9-5-17)23(12-25,13-26)24(14-27,15-28)22(29)18-6-10-20(32-3)11-7-18/h4-11,21-22H,1-3H3/t21-,22+. The van der Waals surface area contributed by atoms with Gasteiger partial charge in [0.05, 0.1) is 50.6 Å². The molecule has 2 aromatic carbocycles. The molecule has 1 saturated heterocycles. The van der Waals surface area contributed by atoms with Crippen LogP contribution in [0.1, 0.15) is 30.1 Å². The summed E-state index contributed by atoms with van der Waals surface area (Å²) in [5.41, 5.74) is -3.42. The Bertz CT molecular complexity index is 1080. The maximum Gasteiger partial charge on any atom is 0.220 e. The van der Waals surface area contributed by atoms with Gasteiger partial charge in [-0.15, -0.1) is 0 Å². The number of hydrogen-bond acceptors (Lipinski definition) is 7. The van der Waals surface area contributed by atoms with Gasteiger partial charge in [0, 0.05) is 6.92 Å². The Hall–Kier alpha value is -4.53. The van der Waals surface area contributed by atoms with Crippen molar-refractivity contribution in [3.8, 4) is 35.8 Å². The average molecular weight is 425 g/mol. The number of ether oxygens (including phenoxy) is 2. The molecule has 0 radical (unpaired) electrons. The Morgan fingerprint density at radius 1 is 0.750 bits per heavy atom. The number of rotatable bonds is 4. The van der Waals surface area contributed by atoms with Crippen molar-refractivity contribution < 1.29 is 14.3 Å². The highest BCUT2D eigenvalue weighted by atomic mass is 16.5. The van der Waals surface area contributed by atoms with Gasteiger partial charge in [0.15, 0.2) is 0 Å². The maximum absolute atomic E-state index is 12.9. The number of benzene rings is 2. The largest absolute Gasteiger partial charge is 0.497 e. The third kappa shape index (κ3) is 2.90. The molecule has 3 rings (SSSR count). The van der Waals surface area contributed by atoms with E-state index < -0.39 is 28.8 Å². The summed E-state index contributed by atoms with van der Waals surface area (Å²) in [7, 11) is 2.99. The van der Waals surface area contributed by atoms with Crippen molar-refractivity contribution in [1.82, 2.24) is 4.90 Å². The SMILES string of the molecule is COc1ccc([C@@H]2N(C(C)=O)[C@H](c3ccc(OC)cc3)C(C#N)(C#N)C2(C#N)C#N)cc1. The van der Waals surface area contributed by atoms with Crippen LogP contribution in [0.3, 0.4) is 0 Å². The first-order valence-electron chi connectivity index (χ1n) is 9.61. The normalized spacial score (nSPS) is 20.2. The van der Waals surface area contributed by atoms with E-state index in [1.165, 1.54) is 26.0 Å². The second-order valence-electron chi connectivity index (χ2n) is 7.34. The molecule has 32 heavy (non-hydrogen) atoms. The van der Waals surface area contributed by atoms with Crippen LogP contribution in [0.2, 0.25) is 0 Å². The van der Waals surface area contributed by atoms with E-state index in [0.29, 0.717) is 22.6 Å². The van der Waals surface area contributed by atoms with Gasteiger partial charge in [0.2, 0.25) is 16.7 Å². The molecule has 1 aliphatic heterocycles. The fourth-order valence-electron chi connectivity index (χ4n) is 4.40. The first-order valence-corrected chi connectivity index (χ1v) is 9.61. The fourth-order valence-corrected chi connectivity index (χ4v) is 4.40. The predicted molar refractivity (Wildman–Crippen MR) is 111 cm³/mol. The zero-order valence-corrected chi connectivity index (χ0v) is 17.7. The lowest BCUT2D eigenvalue weighted by Crippen LogP contribution is -2.39. The molecule has 1 amide bonds. The highest BCUT2D eigenvalue weighted by molar-refractivity contribution is 5.77. The molecule has 0 aromatic heterocycles. The van der Waals surface area contributed by atoms with Gasteiger partial charge in [-0.2, -0.15) is 21.0 Å². The van der Waals surface area contributed by atoms with E-state index in [4.69, 9.17) is 9.47 Å². The van der Waals surface area contributed by atoms with Crippen molar-refractivity contribution in [3.63, 3.8) is 0 Å². The Morgan fingerprint density at radius 2 is 1.06 bits per heavy atom. The van der Waals surface area contributed by atoms with Gasteiger partial charge < -0.3 is 14.4 Å². The Morgan fingerprint density at radius 3 is 1.28 bits per heavy atom. The van der Waals surface area contributed by atoms with E-state index in [9.17, 15) is 25.8 Å².